The van der Waals surface area contributed by atoms with E-state index in [2.05, 4.69) is 15.6 Å². The maximum absolute atomic E-state index is 12.3. The molecular weight excluding hydrogens is 314 g/mol. The molecule has 5 nitrogen and oxygen atoms in total. The summed E-state index contributed by atoms with van der Waals surface area (Å²) in [5, 5.41) is 15.1. The van der Waals surface area contributed by atoms with Crippen LogP contribution in [0.1, 0.15) is 45.2 Å². The van der Waals surface area contributed by atoms with Gasteiger partial charge in [0.1, 0.15) is 0 Å². The SMILES string of the molecule is CCC(C)(CCO)NC(=O)NC(C)c1ccc(-c2cccnc2)cc1. The Morgan fingerprint density at radius 3 is 2.52 bits per heavy atom. The summed E-state index contributed by atoms with van der Waals surface area (Å²) >= 11 is 0. The number of nitrogens with one attached hydrogen (secondary N) is 2. The van der Waals surface area contributed by atoms with E-state index in [1.165, 1.54) is 0 Å². The number of carbonyl (C=O) groups excluding carboxylic acids is 1. The molecule has 0 aliphatic heterocycles. The number of rotatable bonds is 7. The molecule has 0 aliphatic carbocycles. The fourth-order valence-electron chi connectivity index (χ4n) is 2.66. The maximum Gasteiger partial charge on any atom is 0.315 e. The molecule has 1 aromatic heterocycles. The lowest BCUT2D eigenvalue weighted by Gasteiger charge is -2.30. The number of hydrogen-bond donors (Lipinski definition) is 3. The van der Waals surface area contributed by atoms with Crippen molar-refractivity contribution < 1.29 is 9.90 Å². The van der Waals surface area contributed by atoms with Crippen LogP contribution in [0.4, 0.5) is 4.79 Å². The zero-order valence-corrected chi connectivity index (χ0v) is 15.1. The standard InChI is InChI=1S/C20H27N3O2/c1-4-20(3,11-13-24)23-19(25)22-15(2)16-7-9-17(10-8-16)18-6-5-12-21-14-18/h5-10,12,14-15,24H,4,11,13H2,1-3H3,(H2,22,23,25). The van der Waals surface area contributed by atoms with Crippen LogP contribution in [0.3, 0.4) is 0 Å². The van der Waals surface area contributed by atoms with Gasteiger partial charge in [-0.2, -0.15) is 0 Å². The Balaban J connectivity index is 1.98. The van der Waals surface area contributed by atoms with Gasteiger partial charge in [0.2, 0.25) is 0 Å². The zero-order valence-electron chi connectivity index (χ0n) is 15.1. The molecule has 0 saturated carbocycles. The van der Waals surface area contributed by atoms with Crippen LogP contribution in [-0.4, -0.2) is 28.3 Å². The van der Waals surface area contributed by atoms with Crippen molar-refractivity contribution in [1.82, 2.24) is 15.6 Å². The van der Waals surface area contributed by atoms with Crippen molar-refractivity contribution in [2.45, 2.75) is 45.2 Å². The monoisotopic (exact) mass is 341 g/mol. The average molecular weight is 341 g/mol. The van der Waals surface area contributed by atoms with Gasteiger partial charge >= 0.3 is 6.03 Å². The van der Waals surface area contributed by atoms with Crippen LogP contribution in [0.25, 0.3) is 11.1 Å². The first-order chi connectivity index (χ1) is 12.0. The molecule has 0 fully saturated rings. The van der Waals surface area contributed by atoms with Crippen LogP contribution in [0.15, 0.2) is 48.8 Å². The number of urea groups is 1. The molecule has 2 rings (SSSR count). The second kappa shape index (κ2) is 8.62. The van der Waals surface area contributed by atoms with E-state index in [-0.39, 0.29) is 18.7 Å². The van der Waals surface area contributed by atoms with Crippen LogP contribution < -0.4 is 10.6 Å². The highest BCUT2D eigenvalue weighted by Crippen LogP contribution is 2.21. The van der Waals surface area contributed by atoms with Crippen molar-refractivity contribution in [3.63, 3.8) is 0 Å². The van der Waals surface area contributed by atoms with Gasteiger partial charge in [0.15, 0.2) is 0 Å². The molecule has 0 aliphatic rings. The number of aliphatic hydroxyl groups is 1. The summed E-state index contributed by atoms with van der Waals surface area (Å²) in [4.78, 5) is 16.4. The Morgan fingerprint density at radius 1 is 1.24 bits per heavy atom. The topological polar surface area (TPSA) is 74.2 Å². The molecule has 5 heteroatoms. The van der Waals surface area contributed by atoms with Crippen molar-refractivity contribution in [1.29, 1.82) is 0 Å². The van der Waals surface area contributed by atoms with Crippen molar-refractivity contribution in [2.75, 3.05) is 6.61 Å². The first kappa shape index (κ1) is 18.9. The molecule has 1 aromatic carbocycles. The number of aliphatic hydroxyl groups excluding tert-OH is 1. The van der Waals surface area contributed by atoms with Crippen molar-refractivity contribution in [3.05, 3.63) is 54.4 Å². The first-order valence-electron chi connectivity index (χ1n) is 8.67. The summed E-state index contributed by atoms with van der Waals surface area (Å²) in [7, 11) is 0. The Morgan fingerprint density at radius 2 is 1.96 bits per heavy atom. The van der Waals surface area contributed by atoms with Crippen molar-refractivity contribution in [2.24, 2.45) is 0 Å². The van der Waals surface area contributed by atoms with E-state index in [4.69, 9.17) is 5.11 Å². The molecule has 1 heterocycles. The van der Waals surface area contributed by atoms with Gasteiger partial charge in [0, 0.05) is 24.5 Å². The first-order valence-corrected chi connectivity index (χ1v) is 8.67. The van der Waals surface area contributed by atoms with E-state index in [9.17, 15) is 4.79 Å². The van der Waals surface area contributed by atoms with Gasteiger partial charge in [-0.25, -0.2) is 4.79 Å². The predicted octanol–water partition coefficient (Wildman–Crippen LogP) is 3.66. The van der Waals surface area contributed by atoms with Gasteiger partial charge < -0.3 is 15.7 Å². The highest BCUT2D eigenvalue weighted by molar-refractivity contribution is 5.75. The lowest BCUT2D eigenvalue weighted by Crippen LogP contribution is -2.50. The summed E-state index contributed by atoms with van der Waals surface area (Å²) in [5.41, 5.74) is 2.79. The van der Waals surface area contributed by atoms with E-state index < -0.39 is 5.54 Å². The third-order valence-corrected chi connectivity index (χ3v) is 4.61. The number of hydrogen-bond acceptors (Lipinski definition) is 3. The van der Waals surface area contributed by atoms with Gasteiger partial charge in [-0.15, -0.1) is 0 Å². The molecule has 0 saturated heterocycles. The Kier molecular flexibility index (Phi) is 6.53. The molecule has 3 N–H and O–H groups in total. The minimum Gasteiger partial charge on any atom is -0.396 e. The normalized spacial score (nSPS) is 14.4. The number of aromatic nitrogens is 1. The summed E-state index contributed by atoms with van der Waals surface area (Å²) in [6, 6.07) is 11.7. The molecule has 0 spiro atoms. The number of pyridine rings is 1. The molecule has 134 valence electrons. The summed E-state index contributed by atoms with van der Waals surface area (Å²) in [6.45, 7) is 5.94. The zero-order chi connectivity index (χ0) is 18.3. The fraction of sp³-hybridized carbons (Fsp3) is 0.400. The molecule has 2 atom stereocenters. The third-order valence-electron chi connectivity index (χ3n) is 4.61. The van der Waals surface area contributed by atoms with Crippen LogP contribution in [0.5, 0.6) is 0 Å². The van der Waals surface area contributed by atoms with Gasteiger partial charge in [-0.1, -0.05) is 37.3 Å². The maximum atomic E-state index is 12.3. The van der Waals surface area contributed by atoms with Crippen LogP contribution >= 0.6 is 0 Å². The second-order valence-electron chi connectivity index (χ2n) is 6.57. The minimum absolute atomic E-state index is 0.0516. The lowest BCUT2D eigenvalue weighted by atomic mass is 9.95. The molecular formula is C20H27N3O2. The van der Waals surface area contributed by atoms with Crippen LogP contribution in [0, 0.1) is 0 Å². The number of amides is 2. The van der Waals surface area contributed by atoms with E-state index >= 15 is 0 Å². The Bertz CT molecular complexity index is 673. The van der Waals surface area contributed by atoms with Crippen LogP contribution in [-0.2, 0) is 0 Å². The molecule has 0 bridgehead atoms. The molecule has 2 unspecified atom stereocenters. The van der Waals surface area contributed by atoms with Gasteiger partial charge in [0.25, 0.3) is 0 Å². The van der Waals surface area contributed by atoms with Crippen LogP contribution in [0.2, 0.25) is 0 Å². The summed E-state index contributed by atoms with van der Waals surface area (Å²) in [6.07, 6.45) is 4.88. The summed E-state index contributed by atoms with van der Waals surface area (Å²) in [5.74, 6) is 0. The number of nitrogens with zero attached hydrogens (tertiary/aromatic N) is 1. The highest BCUT2D eigenvalue weighted by atomic mass is 16.3. The summed E-state index contributed by atoms with van der Waals surface area (Å²) < 4.78 is 0. The largest absolute Gasteiger partial charge is 0.396 e. The smallest absolute Gasteiger partial charge is 0.315 e. The number of carbonyl (C=O) groups is 1. The molecule has 25 heavy (non-hydrogen) atoms. The average Bonchev–Trinajstić information content (AvgIpc) is 2.62. The number of benzene rings is 1. The predicted molar refractivity (Wildman–Crippen MR) is 100 cm³/mol. The van der Waals surface area contributed by atoms with Crippen molar-refractivity contribution >= 4 is 6.03 Å². The van der Waals surface area contributed by atoms with E-state index in [1.54, 1.807) is 6.20 Å². The van der Waals surface area contributed by atoms with Gasteiger partial charge in [-0.05, 0) is 49.4 Å². The Hall–Kier alpha value is -2.40. The fourth-order valence-corrected chi connectivity index (χ4v) is 2.66. The molecule has 2 aromatic rings. The quantitative estimate of drug-likeness (QED) is 0.719. The Labute approximate surface area is 149 Å². The van der Waals surface area contributed by atoms with E-state index in [1.807, 2.05) is 63.4 Å². The van der Waals surface area contributed by atoms with Gasteiger partial charge in [0.05, 0.1) is 6.04 Å². The van der Waals surface area contributed by atoms with Gasteiger partial charge in [-0.3, -0.25) is 4.98 Å². The highest BCUT2D eigenvalue weighted by Gasteiger charge is 2.24. The van der Waals surface area contributed by atoms with E-state index in [0.29, 0.717) is 6.42 Å². The lowest BCUT2D eigenvalue weighted by molar-refractivity contribution is 0.199. The van der Waals surface area contributed by atoms with E-state index in [0.717, 1.165) is 23.1 Å². The van der Waals surface area contributed by atoms with Crippen molar-refractivity contribution in [3.8, 4) is 11.1 Å². The minimum atomic E-state index is -0.400. The molecule has 0 radical (unpaired) electrons. The second-order valence-corrected chi connectivity index (χ2v) is 6.57. The molecule has 2 amide bonds. The third kappa shape index (κ3) is 5.29.